The van der Waals surface area contributed by atoms with Crippen molar-refractivity contribution in [3.8, 4) is 11.5 Å². The number of methoxy groups -OCH3 is 2. The highest BCUT2D eigenvalue weighted by Gasteiger charge is 2.26. The van der Waals surface area contributed by atoms with Crippen LogP contribution < -0.4 is 9.47 Å². The summed E-state index contributed by atoms with van der Waals surface area (Å²) in [5.74, 6) is 1.79. The van der Waals surface area contributed by atoms with Crippen LogP contribution in [-0.2, 0) is 13.1 Å². The zero-order valence-electron chi connectivity index (χ0n) is 16.3. The van der Waals surface area contributed by atoms with Gasteiger partial charge < -0.3 is 14.6 Å². The summed E-state index contributed by atoms with van der Waals surface area (Å²) in [7, 11) is 3.40. The van der Waals surface area contributed by atoms with Crippen molar-refractivity contribution in [3.05, 3.63) is 59.7 Å². The molecule has 0 saturated carbocycles. The molecule has 146 valence electrons. The number of hydrogen-bond donors (Lipinski definition) is 1. The van der Waals surface area contributed by atoms with Gasteiger partial charge in [-0.15, -0.1) is 0 Å². The van der Waals surface area contributed by atoms with E-state index in [9.17, 15) is 5.11 Å². The molecule has 1 saturated heterocycles. The van der Waals surface area contributed by atoms with E-state index in [-0.39, 0.29) is 6.61 Å². The van der Waals surface area contributed by atoms with Gasteiger partial charge in [0.15, 0.2) is 0 Å². The van der Waals surface area contributed by atoms with Gasteiger partial charge in [0, 0.05) is 45.4 Å². The minimum Gasteiger partial charge on any atom is -0.497 e. The third-order valence-electron chi connectivity index (χ3n) is 5.21. The molecule has 0 radical (unpaired) electrons. The van der Waals surface area contributed by atoms with E-state index < -0.39 is 0 Å². The van der Waals surface area contributed by atoms with Gasteiger partial charge in [-0.3, -0.25) is 9.80 Å². The van der Waals surface area contributed by atoms with Gasteiger partial charge in [0.2, 0.25) is 0 Å². The Balaban J connectivity index is 1.63. The predicted molar refractivity (Wildman–Crippen MR) is 107 cm³/mol. The first kappa shape index (κ1) is 19.7. The number of piperazine rings is 1. The van der Waals surface area contributed by atoms with E-state index in [0.717, 1.165) is 50.6 Å². The van der Waals surface area contributed by atoms with Gasteiger partial charge in [-0.05, 0) is 41.8 Å². The molecule has 1 aliphatic heterocycles. The Morgan fingerprint density at radius 2 is 1.56 bits per heavy atom. The number of hydrogen-bond acceptors (Lipinski definition) is 5. The molecule has 0 amide bonds. The van der Waals surface area contributed by atoms with E-state index in [0.29, 0.717) is 6.04 Å². The second kappa shape index (κ2) is 9.74. The molecule has 5 nitrogen and oxygen atoms in total. The van der Waals surface area contributed by atoms with Crippen molar-refractivity contribution < 1.29 is 14.6 Å². The van der Waals surface area contributed by atoms with E-state index >= 15 is 0 Å². The number of nitrogens with zero attached hydrogens (tertiary/aromatic N) is 2. The summed E-state index contributed by atoms with van der Waals surface area (Å²) < 4.78 is 10.7. The van der Waals surface area contributed by atoms with Crippen LogP contribution in [0.4, 0.5) is 0 Å². The maximum Gasteiger partial charge on any atom is 0.119 e. The quantitative estimate of drug-likeness (QED) is 0.774. The molecule has 0 spiro atoms. The van der Waals surface area contributed by atoms with Crippen molar-refractivity contribution in [1.82, 2.24) is 9.80 Å². The van der Waals surface area contributed by atoms with Crippen LogP contribution in [0.15, 0.2) is 48.5 Å². The predicted octanol–water partition coefficient (Wildman–Crippen LogP) is 2.77. The lowest BCUT2D eigenvalue weighted by Crippen LogP contribution is -2.52. The molecule has 0 bridgehead atoms. The molecule has 3 rings (SSSR count). The minimum atomic E-state index is 0.215. The first-order valence-electron chi connectivity index (χ1n) is 9.55. The third kappa shape index (κ3) is 5.45. The van der Waals surface area contributed by atoms with Gasteiger partial charge in [-0.1, -0.05) is 24.3 Å². The Morgan fingerprint density at radius 1 is 0.926 bits per heavy atom. The minimum absolute atomic E-state index is 0.215. The van der Waals surface area contributed by atoms with E-state index in [1.165, 1.54) is 11.1 Å². The van der Waals surface area contributed by atoms with Gasteiger partial charge in [0.05, 0.1) is 14.2 Å². The van der Waals surface area contributed by atoms with Crippen LogP contribution >= 0.6 is 0 Å². The summed E-state index contributed by atoms with van der Waals surface area (Å²) in [4.78, 5) is 4.95. The number of rotatable bonds is 8. The molecule has 5 heteroatoms. The first-order valence-corrected chi connectivity index (χ1v) is 9.55. The van der Waals surface area contributed by atoms with Crippen molar-refractivity contribution in [2.75, 3.05) is 40.5 Å². The van der Waals surface area contributed by atoms with Crippen LogP contribution in [0, 0.1) is 0 Å². The van der Waals surface area contributed by atoms with Crippen LogP contribution in [-0.4, -0.2) is 61.4 Å². The molecular weight excluding hydrogens is 340 g/mol. The van der Waals surface area contributed by atoms with E-state index in [1.807, 2.05) is 24.3 Å². The zero-order chi connectivity index (χ0) is 19.1. The van der Waals surface area contributed by atoms with Gasteiger partial charge in [0.1, 0.15) is 11.5 Å². The van der Waals surface area contributed by atoms with Crippen molar-refractivity contribution >= 4 is 0 Å². The second-order valence-corrected chi connectivity index (χ2v) is 7.07. The van der Waals surface area contributed by atoms with Gasteiger partial charge in [-0.2, -0.15) is 0 Å². The molecule has 1 atom stereocenters. The molecule has 2 aromatic carbocycles. The summed E-state index contributed by atoms with van der Waals surface area (Å²) in [6.45, 7) is 4.98. The molecule has 27 heavy (non-hydrogen) atoms. The number of aliphatic hydroxyl groups is 1. The van der Waals surface area contributed by atoms with Gasteiger partial charge in [-0.25, -0.2) is 0 Å². The van der Waals surface area contributed by atoms with Crippen LogP contribution in [0.25, 0.3) is 0 Å². The van der Waals surface area contributed by atoms with Crippen LogP contribution in [0.3, 0.4) is 0 Å². The van der Waals surface area contributed by atoms with Crippen molar-refractivity contribution in [2.24, 2.45) is 0 Å². The lowest BCUT2D eigenvalue weighted by Gasteiger charge is -2.41. The Kier molecular flexibility index (Phi) is 7.10. The molecule has 1 fully saturated rings. The zero-order valence-corrected chi connectivity index (χ0v) is 16.3. The molecule has 0 aliphatic carbocycles. The van der Waals surface area contributed by atoms with Crippen LogP contribution in [0.2, 0.25) is 0 Å². The Hall–Kier alpha value is -2.08. The maximum absolute atomic E-state index is 9.55. The number of benzene rings is 2. The summed E-state index contributed by atoms with van der Waals surface area (Å²) >= 11 is 0. The van der Waals surface area contributed by atoms with Crippen molar-refractivity contribution in [2.45, 2.75) is 25.6 Å². The molecule has 1 unspecified atom stereocenters. The highest BCUT2D eigenvalue weighted by Crippen LogP contribution is 2.21. The van der Waals surface area contributed by atoms with Gasteiger partial charge >= 0.3 is 0 Å². The first-order chi connectivity index (χ1) is 13.2. The fourth-order valence-corrected chi connectivity index (χ4v) is 3.77. The smallest absolute Gasteiger partial charge is 0.119 e. The summed E-state index contributed by atoms with van der Waals surface area (Å²) in [5.41, 5.74) is 2.51. The Labute approximate surface area is 162 Å². The van der Waals surface area contributed by atoms with E-state index in [2.05, 4.69) is 34.1 Å². The third-order valence-corrected chi connectivity index (χ3v) is 5.21. The molecule has 0 aromatic heterocycles. The molecule has 2 aromatic rings. The average Bonchev–Trinajstić information content (AvgIpc) is 2.70. The topological polar surface area (TPSA) is 45.2 Å². The molecular formula is C22H30N2O3. The second-order valence-electron chi connectivity index (χ2n) is 7.07. The summed E-state index contributed by atoms with van der Waals surface area (Å²) in [5, 5.41) is 9.55. The van der Waals surface area contributed by atoms with Crippen LogP contribution in [0.5, 0.6) is 11.5 Å². The van der Waals surface area contributed by atoms with E-state index in [4.69, 9.17) is 9.47 Å². The standard InChI is InChI=1S/C22H30N2O3/c1-26-21-7-3-5-18(13-21)15-23-10-11-24(20(17-23)9-12-25)16-19-6-4-8-22(14-19)27-2/h3-8,13-14,20,25H,9-12,15-17H2,1-2H3. The fourth-order valence-electron chi connectivity index (χ4n) is 3.77. The lowest BCUT2D eigenvalue weighted by atomic mass is 10.1. The Bertz CT molecular complexity index is 722. The maximum atomic E-state index is 9.55. The van der Waals surface area contributed by atoms with Crippen molar-refractivity contribution in [3.63, 3.8) is 0 Å². The number of ether oxygens (including phenoxy) is 2. The Morgan fingerprint density at radius 3 is 2.15 bits per heavy atom. The van der Waals surface area contributed by atoms with Crippen molar-refractivity contribution in [1.29, 1.82) is 0 Å². The van der Waals surface area contributed by atoms with Gasteiger partial charge in [0.25, 0.3) is 0 Å². The monoisotopic (exact) mass is 370 g/mol. The highest BCUT2D eigenvalue weighted by molar-refractivity contribution is 5.29. The SMILES string of the molecule is COc1cccc(CN2CCN(Cc3cccc(OC)c3)C(CCO)C2)c1. The lowest BCUT2D eigenvalue weighted by molar-refractivity contribution is 0.0499. The summed E-state index contributed by atoms with van der Waals surface area (Å²) in [6, 6.07) is 16.9. The molecule has 1 heterocycles. The number of aliphatic hydroxyl groups excluding tert-OH is 1. The normalized spacial score (nSPS) is 18.4. The van der Waals surface area contributed by atoms with E-state index in [1.54, 1.807) is 14.2 Å². The largest absolute Gasteiger partial charge is 0.497 e. The fraction of sp³-hybridized carbons (Fsp3) is 0.455. The molecule has 1 N–H and O–H groups in total. The summed E-state index contributed by atoms with van der Waals surface area (Å²) in [6.07, 6.45) is 0.790. The van der Waals surface area contributed by atoms with Crippen LogP contribution in [0.1, 0.15) is 17.5 Å². The highest BCUT2D eigenvalue weighted by atomic mass is 16.5. The average molecular weight is 370 g/mol. The molecule has 1 aliphatic rings.